The van der Waals surface area contributed by atoms with Crippen molar-refractivity contribution in [1.29, 1.82) is 0 Å². The predicted octanol–water partition coefficient (Wildman–Crippen LogP) is 4.49. The minimum absolute atomic E-state index is 0.00716. The average Bonchev–Trinajstić information content (AvgIpc) is 3.22. The maximum Gasteiger partial charge on any atom is 0.204 e. The third-order valence-corrected chi connectivity index (χ3v) is 5.62. The zero-order chi connectivity index (χ0) is 24.0. The van der Waals surface area contributed by atoms with Crippen molar-refractivity contribution < 1.29 is 26.7 Å². The summed E-state index contributed by atoms with van der Waals surface area (Å²) in [6, 6.07) is 3.29. The standard InChI is InChI=1S/C22H17F5N6O/c23-13-6-11(34-20-17(26)14(24)7-15(25)18(20)27)3-4-12(13)19-16-21(28)30-9-31-22(16)33(32-19)10-2-1-5-29-8-10/h3-4,6-7,9-10,29H,1-2,5,8H2,(H2,28,30,31)/t10-/m1/s1. The Morgan fingerprint density at radius 2 is 1.76 bits per heavy atom. The summed E-state index contributed by atoms with van der Waals surface area (Å²) in [5.41, 5.74) is 6.68. The van der Waals surface area contributed by atoms with Crippen LogP contribution in [0.1, 0.15) is 18.9 Å². The van der Waals surface area contributed by atoms with E-state index in [0.717, 1.165) is 25.5 Å². The molecule has 0 amide bonds. The van der Waals surface area contributed by atoms with Crippen molar-refractivity contribution in [3.05, 3.63) is 59.7 Å². The van der Waals surface area contributed by atoms with Gasteiger partial charge < -0.3 is 15.8 Å². The fourth-order valence-electron chi connectivity index (χ4n) is 3.99. The second kappa shape index (κ2) is 8.52. The first-order chi connectivity index (χ1) is 16.3. The molecule has 1 fully saturated rings. The molecular formula is C22H17F5N6O. The highest BCUT2D eigenvalue weighted by molar-refractivity contribution is 5.98. The summed E-state index contributed by atoms with van der Waals surface area (Å²) in [5.74, 6) is -9.22. The van der Waals surface area contributed by atoms with Gasteiger partial charge in [-0.25, -0.2) is 27.8 Å². The summed E-state index contributed by atoms with van der Waals surface area (Å²) < 4.78 is 76.5. The smallest absolute Gasteiger partial charge is 0.204 e. The zero-order valence-corrected chi connectivity index (χ0v) is 17.5. The van der Waals surface area contributed by atoms with Crippen molar-refractivity contribution in [1.82, 2.24) is 25.1 Å². The number of halogens is 5. The third-order valence-electron chi connectivity index (χ3n) is 5.62. The molecule has 1 aliphatic rings. The quantitative estimate of drug-likeness (QED) is 0.333. The number of benzene rings is 2. The number of ether oxygens (including phenoxy) is 1. The topological polar surface area (TPSA) is 90.9 Å². The number of nitrogens with two attached hydrogens (primary N) is 1. The third kappa shape index (κ3) is 3.69. The van der Waals surface area contributed by atoms with Crippen molar-refractivity contribution in [2.24, 2.45) is 0 Å². The number of anilines is 1. The Kier molecular flexibility index (Phi) is 5.52. The highest BCUT2D eigenvalue weighted by Crippen LogP contribution is 2.37. The maximum absolute atomic E-state index is 15.2. The van der Waals surface area contributed by atoms with Gasteiger partial charge in [-0.1, -0.05) is 0 Å². The maximum atomic E-state index is 15.2. The lowest BCUT2D eigenvalue weighted by Crippen LogP contribution is -2.32. The second-order valence-electron chi connectivity index (χ2n) is 7.79. The number of nitrogens with zero attached hydrogens (tertiary/aromatic N) is 4. The van der Waals surface area contributed by atoms with Crippen LogP contribution in [0, 0.1) is 29.1 Å². The van der Waals surface area contributed by atoms with Gasteiger partial charge in [0.2, 0.25) is 17.4 Å². The summed E-state index contributed by atoms with van der Waals surface area (Å²) in [4.78, 5) is 8.27. The van der Waals surface area contributed by atoms with Gasteiger partial charge in [-0.15, -0.1) is 0 Å². The number of aromatic nitrogens is 4. The van der Waals surface area contributed by atoms with E-state index in [1.807, 2.05) is 0 Å². The minimum Gasteiger partial charge on any atom is -0.451 e. The molecule has 1 atom stereocenters. The first-order valence-electron chi connectivity index (χ1n) is 10.3. The first-order valence-corrected chi connectivity index (χ1v) is 10.3. The molecule has 176 valence electrons. The van der Waals surface area contributed by atoms with Crippen LogP contribution in [0.3, 0.4) is 0 Å². The Morgan fingerprint density at radius 3 is 2.44 bits per heavy atom. The van der Waals surface area contributed by atoms with Gasteiger partial charge in [0.05, 0.1) is 11.4 Å². The van der Waals surface area contributed by atoms with Gasteiger partial charge in [-0.3, -0.25) is 0 Å². The Balaban J connectivity index is 1.57. The van der Waals surface area contributed by atoms with Crippen LogP contribution in [0.15, 0.2) is 30.6 Å². The van der Waals surface area contributed by atoms with Crippen molar-refractivity contribution >= 4 is 16.9 Å². The van der Waals surface area contributed by atoms with Crippen LogP contribution in [-0.2, 0) is 0 Å². The molecule has 12 heteroatoms. The number of piperidine rings is 1. The molecule has 34 heavy (non-hydrogen) atoms. The molecule has 1 saturated heterocycles. The van der Waals surface area contributed by atoms with Gasteiger partial charge in [0.1, 0.15) is 29.4 Å². The van der Waals surface area contributed by atoms with Crippen LogP contribution in [0.5, 0.6) is 11.5 Å². The van der Waals surface area contributed by atoms with Crippen molar-refractivity contribution in [3.8, 4) is 22.8 Å². The highest BCUT2D eigenvalue weighted by atomic mass is 19.2. The number of nitrogens with one attached hydrogen (secondary N) is 1. The van der Waals surface area contributed by atoms with Crippen LogP contribution >= 0.6 is 0 Å². The molecule has 0 aliphatic carbocycles. The molecule has 0 saturated carbocycles. The Labute approximate surface area is 189 Å². The lowest BCUT2D eigenvalue weighted by Gasteiger charge is -2.23. The lowest BCUT2D eigenvalue weighted by atomic mass is 10.1. The number of rotatable bonds is 4. The largest absolute Gasteiger partial charge is 0.451 e. The molecule has 0 radical (unpaired) electrons. The summed E-state index contributed by atoms with van der Waals surface area (Å²) in [5, 5.41) is 8.20. The fourth-order valence-corrected chi connectivity index (χ4v) is 3.99. The number of fused-ring (bicyclic) bond motifs is 1. The molecule has 1 aliphatic heterocycles. The monoisotopic (exact) mass is 476 g/mol. The van der Waals surface area contributed by atoms with Crippen molar-refractivity contribution in [2.45, 2.75) is 18.9 Å². The molecule has 3 N–H and O–H groups in total. The van der Waals surface area contributed by atoms with E-state index in [4.69, 9.17) is 10.5 Å². The molecule has 2 aromatic carbocycles. The van der Waals surface area contributed by atoms with E-state index < -0.39 is 34.8 Å². The molecule has 0 bridgehead atoms. The van der Waals surface area contributed by atoms with Gasteiger partial charge in [0.25, 0.3) is 0 Å². The van der Waals surface area contributed by atoms with Crippen LogP contribution < -0.4 is 15.8 Å². The molecule has 0 unspecified atom stereocenters. The molecule has 2 aromatic heterocycles. The normalized spacial score (nSPS) is 16.2. The summed E-state index contributed by atoms with van der Waals surface area (Å²) in [6.07, 6.45) is 3.06. The summed E-state index contributed by atoms with van der Waals surface area (Å²) >= 11 is 0. The van der Waals surface area contributed by atoms with E-state index in [9.17, 15) is 17.6 Å². The first kappa shape index (κ1) is 22.0. The average molecular weight is 476 g/mol. The van der Waals surface area contributed by atoms with E-state index in [0.29, 0.717) is 17.6 Å². The van der Waals surface area contributed by atoms with E-state index in [2.05, 4.69) is 20.4 Å². The molecule has 7 nitrogen and oxygen atoms in total. The van der Waals surface area contributed by atoms with Crippen LogP contribution in [0.25, 0.3) is 22.3 Å². The van der Waals surface area contributed by atoms with Gasteiger partial charge >= 0.3 is 0 Å². The number of hydrogen-bond acceptors (Lipinski definition) is 6. The lowest BCUT2D eigenvalue weighted by molar-refractivity contribution is 0.353. The van der Waals surface area contributed by atoms with Crippen molar-refractivity contribution in [2.75, 3.05) is 18.8 Å². The molecular weight excluding hydrogens is 459 g/mol. The number of nitrogen functional groups attached to an aromatic ring is 1. The van der Waals surface area contributed by atoms with Gasteiger partial charge in [-0.05, 0) is 31.5 Å². The second-order valence-corrected chi connectivity index (χ2v) is 7.79. The van der Waals surface area contributed by atoms with Gasteiger partial charge in [0, 0.05) is 24.2 Å². The Bertz CT molecular complexity index is 1380. The fraction of sp³-hybridized carbons (Fsp3) is 0.227. The number of hydrogen-bond donors (Lipinski definition) is 2. The SMILES string of the molecule is Nc1ncnc2c1c(-c1ccc(Oc3c(F)c(F)cc(F)c3F)cc1F)nn2[C@@H]1CCCNC1. The molecule has 5 rings (SSSR count). The highest BCUT2D eigenvalue weighted by Gasteiger charge is 2.26. The van der Waals surface area contributed by atoms with Gasteiger partial charge in [-0.2, -0.15) is 13.9 Å². The van der Waals surface area contributed by atoms with E-state index in [-0.39, 0.29) is 34.9 Å². The molecule has 3 heterocycles. The van der Waals surface area contributed by atoms with Crippen LogP contribution in [0.2, 0.25) is 0 Å². The molecule has 0 spiro atoms. The van der Waals surface area contributed by atoms with Gasteiger partial charge in [0.15, 0.2) is 17.3 Å². The van der Waals surface area contributed by atoms with E-state index in [1.165, 1.54) is 18.5 Å². The zero-order valence-electron chi connectivity index (χ0n) is 17.5. The Hall–Kier alpha value is -3.80. The molecule has 4 aromatic rings. The van der Waals surface area contributed by atoms with Crippen molar-refractivity contribution in [3.63, 3.8) is 0 Å². The predicted molar refractivity (Wildman–Crippen MR) is 113 cm³/mol. The Morgan fingerprint density at radius 1 is 1.00 bits per heavy atom. The summed E-state index contributed by atoms with van der Waals surface area (Å²) in [6.45, 7) is 1.53. The minimum atomic E-state index is -1.74. The van der Waals surface area contributed by atoms with E-state index >= 15 is 4.39 Å². The van der Waals surface area contributed by atoms with E-state index in [1.54, 1.807) is 4.68 Å². The summed E-state index contributed by atoms with van der Waals surface area (Å²) in [7, 11) is 0. The van der Waals surface area contributed by atoms with Crippen LogP contribution in [-0.4, -0.2) is 32.8 Å². The van der Waals surface area contributed by atoms with Crippen LogP contribution in [0.4, 0.5) is 27.8 Å².